The Morgan fingerprint density at radius 1 is 1.05 bits per heavy atom. The highest BCUT2D eigenvalue weighted by molar-refractivity contribution is 5.99. The van der Waals surface area contributed by atoms with Gasteiger partial charge in [0, 0.05) is 61.5 Å². The van der Waals surface area contributed by atoms with Crippen molar-refractivity contribution < 1.29 is 24.0 Å². The molecular weight excluding hydrogens is 514 g/mol. The van der Waals surface area contributed by atoms with Gasteiger partial charge < -0.3 is 24.6 Å². The van der Waals surface area contributed by atoms with Crippen LogP contribution in [0.3, 0.4) is 0 Å². The van der Waals surface area contributed by atoms with Gasteiger partial charge in [-0.15, -0.1) is 0 Å². The number of carbonyl (C=O) groups excluding carboxylic acids is 2. The van der Waals surface area contributed by atoms with Crippen LogP contribution in [0.2, 0.25) is 0 Å². The molecule has 2 saturated heterocycles. The van der Waals surface area contributed by atoms with Crippen LogP contribution in [0, 0.1) is 10.1 Å². The fraction of sp³-hybridized carbons (Fsp3) is 0.310. The van der Waals surface area contributed by atoms with Gasteiger partial charge in [0.05, 0.1) is 23.8 Å². The number of amides is 3. The predicted octanol–water partition coefficient (Wildman–Crippen LogP) is 4.34. The van der Waals surface area contributed by atoms with Crippen LogP contribution in [0.15, 0.2) is 66.7 Å². The van der Waals surface area contributed by atoms with E-state index in [1.165, 1.54) is 12.1 Å². The van der Waals surface area contributed by atoms with E-state index in [9.17, 15) is 19.7 Å². The number of nitro benzene ring substituents is 1. The van der Waals surface area contributed by atoms with Crippen molar-refractivity contribution in [3.63, 3.8) is 0 Å². The maximum atomic E-state index is 13.5. The molecule has 2 fully saturated rings. The lowest BCUT2D eigenvalue weighted by Crippen LogP contribution is -2.65. The quantitative estimate of drug-likeness (QED) is 0.376. The topological polar surface area (TPSA) is 117 Å². The number of anilines is 2. The number of nitrogens with zero attached hydrogens (tertiary/aromatic N) is 4. The van der Waals surface area contributed by atoms with Crippen LogP contribution in [0.1, 0.15) is 35.3 Å². The van der Waals surface area contributed by atoms with Crippen LogP contribution in [-0.2, 0) is 0 Å². The van der Waals surface area contributed by atoms with Crippen molar-refractivity contribution in [2.75, 3.05) is 43.1 Å². The van der Waals surface area contributed by atoms with E-state index in [-0.39, 0.29) is 23.7 Å². The molecule has 0 spiro atoms. The highest BCUT2D eigenvalue weighted by atomic mass is 16.6. The van der Waals surface area contributed by atoms with E-state index in [1.807, 2.05) is 25.1 Å². The molecule has 11 heteroatoms. The molecule has 206 valence electrons. The molecule has 0 aromatic heterocycles. The summed E-state index contributed by atoms with van der Waals surface area (Å²) < 4.78 is 12.0. The van der Waals surface area contributed by atoms with Crippen LogP contribution in [0.25, 0.3) is 0 Å². The maximum Gasteiger partial charge on any atom is 0.325 e. The zero-order valence-corrected chi connectivity index (χ0v) is 22.2. The van der Waals surface area contributed by atoms with Crippen molar-refractivity contribution in [2.45, 2.75) is 25.1 Å². The summed E-state index contributed by atoms with van der Waals surface area (Å²) in [5, 5.41) is 14.0. The highest BCUT2D eigenvalue weighted by Gasteiger charge is 2.50. The fourth-order valence-corrected chi connectivity index (χ4v) is 5.83. The standard InChI is InChI=1S/C29H29N5O6/c1-29-18-24(23-7-4-8-25(39-2)26(23)40-29)30-28(36)33(29)22-6-3-5-19(17-22)27(35)32-15-13-31(14-16-32)20-9-11-21(12-10-20)34(37)38/h3-12,17,24H,13-16,18H2,1-2H3,(H,30,36)/t24-,29+/m1/s1. The molecular formula is C29H29N5O6. The van der Waals surface area contributed by atoms with Crippen LogP contribution >= 0.6 is 0 Å². The van der Waals surface area contributed by atoms with Gasteiger partial charge in [-0.25, -0.2) is 4.79 Å². The zero-order chi connectivity index (χ0) is 28.0. The van der Waals surface area contributed by atoms with E-state index in [4.69, 9.17) is 9.47 Å². The van der Waals surface area contributed by atoms with Crippen LogP contribution in [-0.4, -0.2) is 60.8 Å². The minimum Gasteiger partial charge on any atom is -0.493 e. The Morgan fingerprint density at radius 2 is 1.77 bits per heavy atom. The van der Waals surface area contributed by atoms with Gasteiger partial charge in [-0.2, -0.15) is 0 Å². The number of nitrogens with one attached hydrogen (secondary N) is 1. The Kier molecular flexibility index (Phi) is 6.21. The summed E-state index contributed by atoms with van der Waals surface area (Å²) >= 11 is 0. The Morgan fingerprint density at radius 3 is 2.48 bits per heavy atom. The van der Waals surface area contributed by atoms with E-state index in [2.05, 4.69) is 10.2 Å². The van der Waals surface area contributed by atoms with Gasteiger partial charge in [0.15, 0.2) is 17.2 Å². The smallest absolute Gasteiger partial charge is 0.325 e. The van der Waals surface area contributed by atoms with Gasteiger partial charge in [0.2, 0.25) is 0 Å². The molecule has 3 aromatic rings. The number of hydrogen-bond acceptors (Lipinski definition) is 7. The minimum absolute atomic E-state index is 0.0474. The number of urea groups is 1. The molecule has 6 rings (SSSR count). The number of carbonyl (C=O) groups is 2. The number of para-hydroxylation sites is 1. The van der Waals surface area contributed by atoms with Crippen LogP contribution < -0.4 is 24.6 Å². The van der Waals surface area contributed by atoms with E-state index >= 15 is 0 Å². The second-order valence-corrected chi connectivity index (χ2v) is 10.3. The van der Waals surface area contributed by atoms with Gasteiger partial charge in [-0.1, -0.05) is 18.2 Å². The number of rotatable bonds is 5. The molecule has 11 nitrogen and oxygen atoms in total. The Labute approximate surface area is 231 Å². The first-order valence-electron chi connectivity index (χ1n) is 13.1. The Hall–Kier alpha value is -4.80. The van der Waals surface area contributed by atoms with Crippen LogP contribution in [0.4, 0.5) is 21.9 Å². The number of benzene rings is 3. The second kappa shape index (κ2) is 9.74. The first-order valence-corrected chi connectivity index (χ1v) is 13.1. The van der Waals surface area contributed by atoms with Crippen molar-refractivity contribution in [3.05, 3.63) is 88.0 Å². The van der Waals surface area contributed by atoms with Crippen molar-refractivity contribution in [1.29, 1.82) is 0 Å². The molecule has 40 heavy (non-hydrogen) atoms. The fourth-order valence-electron chi connectivity index (χ4n) is 5.83. The van der Waals surface area contributed by atoms with Crippen molar-refractivity contribution in [1.82, 2.24) is 10.2 Å². The molecule has 0 aliphatic carbocycles. The van der Waals surface area contributed by atoms with Crippen molar-refractivity contribution >= 4 is 29.0 Å². The highest BCUT2D eigenvalue weighted by Crippen LogP contribution is 2.49. The number of hydrogen-bond donors (Lipinski definition) is 1. The molecule has 1 N–H and O–H groups in total. The molecule has 3 amide bonds. The maximum absolute atomic E-state index is 13.5. The van der Waals surface area contributed by atoms with Crippen molar-refractivity contribution in [3.8, 4) is 11.5 Å². The number of non-ortho nitro benzene ring substituents is 1. The van der Waals surface area contributed by atoms with Gasteiger partial charge in [-0.05, 0) is 43.3 Å². The molecule has 3 aliphatic heterocycles. The average Bonchev–Trinajstić information content (AvgIpc) is 2.96. The number of nitro groups is 1. The summed E-state index contributed by atoms with van der Waals surface area (Å²) in [5.41, 5.74) is 1.87. The molecule has 2 bridgehead atoms. The van der Waals surface area contributed by atoms with E-state index < -0.39 is 10.6 Å². The van der Waals surface area contributed by atoms with Gasteiger partial charge in [0.25, 0.3) is 11.6 Å². The molecule has 0 radical (unpaired) electrons. The summed E-state index contributed by atoms with van der Waals surface area (Å²) in [6.07, 6.45) is 0.529. The first kappa shape index (κ1) is 25.5. The number of methoxy groups -OCH3 is 1. The summed E-state index contributed by atoms with van der Waals surface area (Å²) in [7, 11) is 1.59. The molecule has 0 saturated carbocycles. The van der Waals surface area contributed by atoms with Crippen molar-refractivity contribution in [2.24, 2.45) is 0 Å². The summed E-state index contributed by atoms with van der Waals surface area (Å²) in [5.74, 6) is 1.08. The van der Waals surface area contributed by atoms with Gasteiger partial charge in [-0.3, -0.25) is 19.8 Å². The number of ether oxygens (including phenoxy) is 2. The Balaban J connectivity index is 1.19. The number of fused-ring (bicyclic) bond motifs is 4. The van der Waals surface area contributed by atoms with E-state index in [0.29, 0.717) is 55.3 Å². The molecule has 3 heterocycles. The average molecular weight is 544 g/mol. The molecule has 0 unspecified atom stereocenters. The molecule has 3 aromatic carbocycles. The lowest BCUT2D eigenvalue weighted by Gasteiger charge is -2.50. The summed E-state index contributed by atoms with van der Waals surface area (Å²) in [6.45, 7) is 4.09. The Bertz CT molecular complexity index is 1490. The largest absolute Gasteiger partial charge is 0.493 e. The summed E-state index contributed by atoms with van der Waals surface area (Å²) in [6, 6.07) is 18.6. The summed E-state index contributed by atoms with van der Waals surface area (Å²) in [4.78, 5) is 42.8. The van der Waals surface area contributed by atoms with Gasteiger partial charge in [0.1, 0.15) is 0 Å². The van der Waals surface area contributed by atoms with E-state index in [1.54, 1.807) is 53.3 Å². The normalized spacial score (nSPS) is 21.7. The molecule has 3 aliphatic rings. The number of piperazine rings is 1. The van der Waals surface area contributed by atoms with Gasteiger partial charge >= 0.3 is 6.03 Å². The minimum atomic E-state index is -0.979. The van der Waals surface area contributed by atoms with Crippen LogP contribution in [0.5, 0.6) is 11.5 Å². The third-order valence-corrected chi connectivity index (χ3v) is 7.83. The first-order chi connectivity index (χ1) is 19.3. The predicted molar refractivity (Wildman–Crippen MR) is 148 cm³/mol. The molecule has 2 atom stereocenters. The third-order valence-electron chi connectivity index (χ3n) is 7.83. The second-order valence-electron chi connectivity index (χ2n) is 10.3. The third kappa shape index (κ3) is 4.33. The zero-order valence-electron chi connectivity index (χ0n) is 22.2. The lowest BCUT2D eigenvalue weighted by molar-refractivity contribution is -0.384. The monoisotopic (exact) mass is 543 g/mol. The SMILES string of the molecule is COc1cccc2c1O[C@@]1(C)C[C@H]2NC(=O)N1c1cccc(C(=O)N2CCN(c3ccc([N+](=O)[O-])cc3)CC2)c1. The lowest BCUT2D eigenvalue weighted by atomic mass is 9.89. The van der Waals surface area contributed by atoms with E-state index in [0.717, 1.165) is 11.3 Å².